The third-order valence-corrected chi connectivity index (χ3v) is 13.3. The molecule has 0 fully saturated rings. The van der Waals surface area contributed by atoms with E-state index in [1.165, 1.54) is 0 Å². The SMILES string of the molecule is c1ccc(-c2cccc3c2oc2ccccc23)c(-c2ccccc2-n2c3ccc(-c4cccc5c4oc4ccccc45)cc3c3cc(-c4cccc5c4oc4ccccc45)ccc32)c1. The minimum atomic E-state index is 0.889. The minimum absolute atomic E-state index is 0.889. The van der Waals surface area contributed by atoms with Crippen molar-refractivity contribution < 1.29 is 13.3 Å². The van der Waals surface area contributed by atoms with Crippen LogP contribution < -0.4 is 0 Å². The summed E-state index contributed by atoms with van der Waals surface area (Å²) in [5.41, 5.74) is 17.4. The molecule has 0 aliphatic rings. The Balaban J connectivity index is 1.02. The van der Waals surface area contributed by atoms with E-state index in [1.807, 2.05) is 36.4 Å². The number of hydrogen-bond acceptors (Lipinski definition) is 3. The van der Waals surface area contributed by atoms with Crippen LogP contribution >= 0.6 is 0 Å². The molecule has 0 bridgehead atoms. The van der Waals surface area contributed by atoms with Gasteiger partial charge in [0.05, 0.1) is 16.7 Å². The van der Waals surface area contributed by atoms with Gasteiger partial charge in [0.15, 0.2) is 0 Å². The van der Waals surface area contributed by atoms with E-state index in [1.54, 1.807) is 0 Å². The molecule has 0 radical (unpaired) electrons. The Morgan fingerprint density at radius 3 is 1.11 bits per heavy atom. The molecule has 64 heavy (non-hydrogen) atoms. The van der Waals surface area contributed by atoms with Crippen LogP contribution in [0.15, 0.2) is 226 Å². The number of nitrogens with zero attached hydrogens (tertiary/aromatic N) is 1. The van der Waals surface area contributed by atoms with E-state index in [4.69, 9.17) is 13.3 Å². The van der Waals surface area contributed by atoms with Crippen LogP contribution in [0.5, 0.6) is 0 Å². The van der Waals surface area contributed by atoms with Crippen LogP contribution in [0, 0.1) is 0 Å². The van der Waals surface area contributed by atoms with Crippen molar-refractivity contribution in [2.45, 2.75) is 0 Å². The quantitative estimate of drug-likeness (QED) is 0.174. The molecular formula is C60H35NO3. The molecule has 14 rings (SSSR count). The molecule has 4 heteroatoms. The Morgan fingerprint density at radius 1 is 0.250 bits per heavy atom. The van der Waals surface area contributed by atoms with Crippen LogP contribution in [0.2, 0.25) is 0 Å². The Morgan fingerprint density at radius 2 is 0.609 bits per heavy atom. The van der Waals surface area contributed by atoms with Crippen LogP contribution in [0.25, 0.3) is 138 Å². The molecule has 0 saturated carbocycles. The molecule has 0 aliphatic carbocycles. The van der Waals surface area contributed by atoms with Crippen LogP contribution in [0.3, 0.4) is 0 Å². The van der Waals surface area contributed by atoms with E-state index in [-0.39, 0.29) is 0 Å². The van der Waals surface area contributed by atoms with Gasteiger partial charge in [-0.05, 0) is 70.8 Å². The van der Waals surface area contributed by atoms with Crippen molar-refractivity contribution in [2.75, 3.05) is 0 Å². The van der Waals surface area contributed by atoms with Crippen LogP contribution in [-0.2, 0) is 0 Å². The lowest BCUT2D eigenvalue weighted by Crippen LogP contribution is -1.98. The fraction of sp³-hybridized carbons (Fsp3) is 0. The van der Waals surface area contributed by atoms with Crippen molar-refractivity contribution in [1.29, 1.82) is 0 Å². The molecule has 10 aromatic carbocycles. The summed E-state index contributed by atoms with van der Waals surface area (Å²) in [6.45, 7) is 0. The third-order valence-electron chi connectivity index (χ3n) is 13.3. The molecular weight excluding hydrogens is 783 g/mol. The predicted octanol–water partition coefficient (Wildman–Crippen LogP) is 17.1. The van der Waals surface area contributed by atoms with Gasteiger partial charge < -0.3 is 17.8 Å². The van der Waals surface area contributed by atoms with Gasteiger partial charge >= 0.3 is 0 Å². The number of aromatic nitrogens is 1. The van der Waals surface area contributed by atoms with E-state index < -0.39 is 0 Å². The fourth-order valence-corrected chi connectivity index (χ4v) is 10.4. The average Bonchev–Trinajstić information content (AvgIpc) is 4.13. The predicted molar refractivity (Wildman–Crippen MR) is 264 cm³/mol. The van der Waals surface area contributed by atoms with Gasteiger partial charge in [0.2, 0.25) is 0 Å². The Kier molecular flexibility index (Phi) is 7.36. The second kappa shape index (κ2) is 13.4. The zero-order valence-electron chi connectivity index (χ0n) is 34.4. The Labute approximate surface area is 366 Å². The molecule has 0 amide bonds. The number of fused-ring (bicyclic) bond motifs is 12. The second-order valence-corrected chi connectivity index (χ2v) is 16.7. The maximum Gasteiger partial charge on any atom is 0.143 e. The highest BCUT2D eigenvalue weighted by Crippen LogP contribution is 2.45. The first kappa shape index (κ1) is 35.0. The maximum absolute atomic E-state index is 6.61. The minimum Gasteiger partial charge on any atom is -0.455 e. The number of benzene rings is 10. The van der Waals surface area contributed by atoms with E-state index >= 15 is 0 Å². The van der Waals surface area contributed by atoms with Crippen molar-refractivity contribution in [3.63, 3.8) is 0 Å². The number of hydrogen-bond donors (Lipinski definition) is 0. The van der Waals surface area contributed by atoms with Crippen LogP contribution in [0.1, 0.15) is 0 Å². The molecule has 298 valence electrons. The largest absolute Gasteiger partial charge is 0.455 e. The summed E-state index contributed by atoms with van der Waals surface area (Å²) in [6, 6.07) is 75.5. The summed E-state index contributed by atoms with van der Waals surface area (Å²) in [5, 5.41) is 9.00. The Bertz CT molecular complexity index is 4040. The molecule has 4 aromatic heterocycles. The van der Waals surface area contributed by atoms with E-state index in [2.05, 4.69) is 180 Å². The fourth-order valence-electron chi connectivity index (χ4n) is 10.4. The van der Waals surface area contributed by atoms with Crippen molar-refractivity contribution >= 4 is 87.6 Å². The average molecular weight is 818 g/mol. The molecule has 0 N–H and O–H groups in total. The van der Waals surface area contributed by atoms with Crippen LogP contribution in [0.4, 0.5) is 0 Å². The smallest absolute Gasteiger partial charge is 0.143 e. The van der Waals surface area contributed by atoms with E-state index in [0.29, 0.717) is 0 Å². The molecule has 4 nitrogen and oxygen atoms in total. The molecule has 0 spiro atoms. The summed E-state index contributed by atoms with van der Waals surface area (Å²) in [4.78, 5) is 0. The molecule has 0 unspecified atom stereocenters. The summed E-state index contributed by atoms with van der Waals surface area (Å²) < 4.78 is 22.2. The highest BCUT2D eigenvalue weighted by atomic mass is 16.3. The first-order valence-electron chi connectivity index (χ1n) is 21.7. The number of furan rings is 3. The summed E-state index contributed by atoms with van der Waals surface area (Å²) in [5.74, 6) is 0. The molecule has 0 aliphatic heterocycles. The number of rotatable bonds is 5. The summed E-state index contributed by atoms with van der Waals surface area (Å²) in [7, 11) is 0. The normalized spacial score (nSPS) is 12.1. The number of para-hydroxylation sites is 7. The molecule has 0 atom stereocenters. The maximum atomic E-state index is 6.61. The highest BCUT2D eigenvalue weighted by Gasteiger charge is 2.22. The lowest BCUT2D eigenvalue weighted by atomic mass is 9.92. The van der Waals surface area contributed by atoms with Gasteiger partial charge in [0.1, 0.15) is 33.5 Å². The van der Waals surface area contributed by atoms with Crippen molar-refractivity contribution in [3.8, 4) is 50.2 Å². The second-order valence-electron chi connectivity index (χ2n) is 16.7. The standard InChI is InChI=1S/C60H35NO3/c1-2-15-41(46-22-13-25-49-45-19-6-10-29-57(45)64-60(46)49)40(14-1)42-16-3-7-26-52(42)61-53-32-30-36(38-20-11-23-47-43-17-4-8-27-55(43)62-58(38)47)34-50(53)51-35-37(31-33-54(51)61)39-21-12-24-48-44-18-5-9-28-56(44)63-59(39)48/h1-35H. The molecule has 14 aromatic rings. The van der Waals surface area contributed by atoms with Gasteiger partial charge in [-0.1, -0.05) is 164 Å². The van der Waals surface area contributed by atoms with Gasteiger partial charge in [-0.2, -0.15) is 0 Å². The summed E-state index contributed by atoms with van der Waals surface area (Å²) >= 11 is 0. The van der Waals surface area contributed by atoms with Gasteiger partial charge in [-0.15, -0.1) is 0 Å². The van der Waals surface area contributed by atoms with Gasteiger partial charge in [0, 0.05) is 65.3 Å². The third kappa shape index (κ3) is 5.05. The van der Waals surface area contributed by atoms with Crippen molar-refractivity contribution in [2.24, 2.45) is 0 Å². The first-order chi connectivity index (χ1) is 31.7. The van der Waals surface area contributed by atoms with Gasteiger partial charge in [-0.3, -0.25) is 0 Å². The first-order valence-corrected chi connectivity index (χ1v) is 21.7. The van der Waals surface area contributed by atoms with E-state index in [9.17, 15) is 0 Å². The van der Waals surface area contributed by atoms with Gasteiger partial charge in [0.25, 0.3) is 0 Å². The van der Waals surface area contributed by atoms with E-state index in [0.717, 1.165) is 138 Å². The molecule has 4 heterocycles. The highest BCUT2D eigenvalue weighted by molar-refractivity contribution is 6.16. The molecule has 0 saturated heterocycles. The van der Waals surface area contributed by atoms with Crippen molar-refractivity contribution in [1.82, 2.24) is 4.57 Å². The monoisotopic (exact) mass is 817 g/mol. The van der Waals surface area contributed by atoms with Crippen LogP contribution in [-0.4, -0.2) is 4.57 Å². The summed E-state index contributed by atoms with van der Waals surface area (Å²) in [6.07, 6.45) is 0. The lowest BCUT2D eigenvalue weighted by Gasteiger charge is -2.17. The Hall–Kier alpha value is -8.60. The lowest BCUT2D eigenvalue weighted by molar-refractivity contribution is 0.669. The topological polar surface area (TPSA) is 44.4 Å². The van der Waals surface area contributed by atoms with Gasteiger partial charge in [-0.25, -0.2) is 0 Å². The zero-order valence-corrected chi connectivity index (χ0v) is 34.4. The zero-order chi connectivity index (χ0) is 41.9. The van der Waals surface area contributed by atoms with Crippen molar-refractivity contribution in [3.05, 3.63) is 212 Å².